The molecule has 1 rings (SSSR count). The van der Waals surface area contributed by atoms with Crippen molar-refractivity contribution >= 4 is 33.5 Å². The molecule has 0 aliphatic carbocycles. The molecule has 0 saturated carbocycles. The third kappa shape index (κ3) is 4.69. The number of rotatable bonds is 7. The van der Waals surface area contributed by atoms with Gasteiger partial charge in [-0.05, 0) is 24.6 Å². The first-order valence-electron chi connectivity index (χ1n) is 6.38. The van der Waals surface area contributed by atoms with Gasteiger partial charge in [0.15, 0.2) is 0 Å². The van der Waals surface area contributed by atoms with E-state index in [-0.39, 0.29) is 34.9 Å². The van der Waals surface area contributed by atoms with E-state index < -0.39 is 21.9 Å². The van der Waals surface area contributed by atoms with Gasteiger partial charge in [-0.25, -0.2) is 12.7 Å². The fraction of sp³-hybridized carbons (Fsp3) is 0.385. The van der Waals surface area contributed by atoms with Gasteiger partial charge in [0, 0.05) is 32.6 Å². The lowest BCUT2D eigenvalue weighted by Crippen LogP contribution is -2.26. The van der Waals surface area contributed by atoms with Gasteiger partial charge < -0.3 is 10.4 Å². The molecule has 1 aromatic rings. The Morgan fingerprint density at radius 1 is 1.32 bits per heavy atom. The maximum Gasteiger partial charge on any atom is 0.303 e. The van der Waals surface area contributed by atoms with Crippen molar-refractivity contribution < 1.29 is 23.1 Å². The number of carbonyl (C=O) groups excluding carboxylic acids is 1. The molecule has 0 aromatic heterocycles. The van der Waals surface area contributed by atoms with E-state index in [1.807, 2.05) is 0 Å². The normalized spacial score (nSPS) is 11.5. The Morgan fingerprint density at radius 2 is 1.95 bits per heavy atom. The van der Waals surface area contributed by atoms with Gasteiger partial charge in [0.2, 0.25) is 10.0 Å². The monoisotopic (exact) mass is 348 g/mol. The second-order valence-corrected chi connectivity index (χ2v) is 7.21. The number of carboxylic acids is 1. The minimum Gasteiger partial charge on any atom is -0.481 e. The van der Waals surface area contributed by atoms with E-state index >= 15 is 0 Å². The fourth-order valence-corrected chi connectivity index (χ4v) is 2.98. The van der Waals surface area contributed by atoms with Crippen LogP contribution in [0.4, 0.5) is 0 Å². The number of hydrogen-bond donors (Lipinski definition) is 2. The van der Waals surface area contributed by atoms with Crippen LogP contribution in [0.2, 0.25) is 5.02 Å². The molecule has 0 radical (unpaired) electrons. The number of nitrogens with zero attached hydrogens (tertiary/aromatic N) is 1. The molecule has 1 aromatic carbocycles. The first-order valence-corrected chi connectivity index (χ1v) is 8.20. The van der Waals surface area contributed by atoms with Crippen LogP contribution in [0.25, 0.3) is 0 Å². The molecule has 0 bridgehead atoms. The molecule has 0 heterocycles. The Morgan fingerprint density at radius 3 is 2.50 bits per heavy atom. The van der Waals surface area contributed by atoms with Crippen LogP contribution in [0.3, 0.4) is 0 Å². The van der Waals surface area contributed by atoms with Crippen molar-refractivity contribution in [1.29, 1.82) is 0 Å². The Balaban J connectivity index is 2.89. The minimum absolute atomic E-state index is 0.0242. The first-order chi connectivity index (χ1) is 10.2. The topological polar surface area (TPSA) is 104 Å². The van der Waals surface area contributed by atoms with Crippen LogP contribution in [-0.2, 0) is 14.8 Å². The number of halogens is 1. The van der Waals surface area contributed by atoms with E-state index in [1.165, 1.54) is 32.3 Å². The highest BCUT2D eigenvalue weighted by Crippen LogP contribution is 2.24. The van der Waals surface area contributed by atoms with Crippen LogP contribution in [0.1, 0.15) is 23.2 Å². The van der Waals surface area contributed by atoms with Crippen molar-refractivity contribution in [3.63, 3.8) is 0 Å². The van der Waals surface area contributed by atoms with Crippen LogP contribution < -0.4 is 5.32 Å². The Hall–Kier alpha value is -1.64. The van der Waals surface area contributed by atoms with Crippen molar-refractivity contribution in [3.8, 4) is 0 Å². The van der Waals surface area contributed by atoms with E-state index in [2.05, 4.69) is 5.32 Å². The molecule has 0 unspecified atom stereocenters. The van der Waals surface area contributed by atoms with Crippen LogP contribution in [0, 0.1) is 0 Å². The zero-order valence-corrected chi connectivity index (χ0v) is 13.7. The van der Waals surface area contributed by atoms with E-state index in [9.17, 15) is 18.0 Å². The number of nitrogens with one attached hydrogen (secondary N) is 1. The molecule has 0 atom stereocenters. The molecule has 0 saturated heterocycles. The van der Waals surface area contributed by atoms with Gasteiger partial charge >= 0.3 is 5.97 Å². The SMILES string of the molecule is CN(C)S(=O)(=O)c1cc(C(=O)NCCCC(=O)O)ccc1Cl. The molecule has 9 heteroatoms. The number of benzene rings is 1. The summed E-state index contributed by atoms with van der Waals surface area (Å²) in [6.45, 7) is 0.184. The molecule has 22 heavy (non-hydrogen) atoms. The quantitative estimate of drug-likeness (QED) is 0.720. The molecule has 122 valence electrons. The number of hydrogen-bond acceptors (Lipinski definition) is 4. The minimum atomic E-state index is -3.76. The van der Waals surface area contributed by atoms with Crippen molar-refractivity contribution in [2.45, 2.75) is 17.7 Å². The molecule has 0 aliphatic heterocycles. The molecule has 7 nitrogen and oxygen atoms in total. The molecular formula is C13H17ClN2O5S. The largest absolute Gasteiger partial charge is 0.481 e. The van der Waals surface area contributed by atoms with Crippen molar-refractivity contribution in [2.75, 3.05) is 20.6 Å². The maximum atomic E-state index is 12.1. The zero-order chi connectivity index (χ0) is 16.9. The summed E-state index contributed by atoms with van der Waals surface area (Å²) in [5, 5.41) is 11.1. The van der Waals surface area contributed by atoms with Crippen molar-refractivity contribution in [3.05, 3.63) is 28.8 Å². The maximum absolute atomic E-state index is 12.1. The Bertz CT molecular complexity index is 673. The van der Waals surface area contributed by atoms with E-state index in [0.29, 0.717) is 0 Å². The average molecular weight is 349 g/mol. The second-order valence-electron chi connectivity index (χ2n) is 4.69. The average Bonchev–Trinajstić information content (AvgIpc) is 2.43. The second kappa shape index (κ2) is 7.57. The lowest BCUT2D eigenvalue weighted by atomic mass is 10.2. The lowest BCUT2D eigenvalue weighted by Gasteiger charge is -2.13. The van der Waals surface area contributed by atoms with Gasteiger partial charge in [0.05, 0.1) is 5.02 Å². The molecule has 1 amide bonds. The summed E-state index contributed by atoms with van der Waals surface area (Å²) in [4.78, 5) is 22.2. The Kier molecular flexibility index (Phi) is 6.34. The van der Waals surface area contributed by atoms with E-state index in [0.717, 1.165) is 4.31 Å². The predicted octanol–water partition coefficient (Wildman–Crippen LogP) is 1.18. The molecular weight excluding hydrogens is 332 g/mol. The molecule has 2 N–H and O–H groups in total. The summed E-state index contributed by atoms with van der Waals surface area (Å²) in [6, 6.07) is 3.94. The highest BCUT2D eigenvalue weighted by atomic mass is 35.5. The van der Waals surface area contributed by atoms with Crippen LogP contribution in [0.5, 0.6) is 0 Å². The van der Waals surface area contributed by atoms with Gasteiger partial charge in [0.25, 0.3) is 5.91 Å². The predicted molar refractivity (Wildman–Crippen MR) is 81.5 cm³/mol. The standard InChI is InChI=1S/C13H17ClN2O5S/c1-16(2)22(20,21)11-8-9(5-6-10(11)14)13(19)15-7-3-4-12(17)18/h5-6,8H,3-4,7H2,1-2H3,(H,15,19)(H,17,18). The highest BCUT2D eigenvalue weighted by molar-refractivity contribution is 7.89. The number of amides is 1. The summed E-state index contributed by atoms with van der Waals surface area (Å²) in [5.74, 6) is -1.43. The van der Waals surface area contributed by atoms with Crippen molar-refractivity contribution in [1.82, 2.24) is 9.62 Å². The summed E-state index contributed by atoms with van der Waals surface area (Å²) in [7, 11) is -1.03. The van der Waals surface area contributed by atoms with Gasteiger partial charge in [-0.2, -0.15) is 0 Å². The zero-order valence-electron chi connectivity index (χ0n) is 12.2. The summed E-state index contributed by atoms with van der Waals surface area (Å²) in [6.07, 6.45) is 0.235. The van der Waals surface area contributed by atoms with Crippen LogP contribution >= 0.6 is 11.6 Å². The van der Waals surface area contributed by atoms with E-state index in [4.69, 9.17) is 16.7 Å². The molecule has 0 aliphatic rings. The summed E-state index contributed by atoms with van der Waals surface area (Å²) >= 11 is 5.89. The number of aliphatic carboxylic acids is 1. The van der Waals surface area contributed by atoms with Gasteiger partial charge in [-0.3, -0.25) is 9.59 Å². The summed E-state index contributed by atoms with van der Waals surface area (Å²) in [5.41, 5.74) is 0.139. The molecule has 0 spiro atoms. The third-order valence-corrected chi connectivity index (χ3v) is 5.10. The Labute approximate surface area is 133 Å². The third-order valence-electron chi connectivity index (χ3n) is 2.80. The van der Waals surface area contributed by atoms with Gasteiger partial charge in [-0.15, -0.1) is 0 Å². The fourth-order valence-electron chi connectivity index (χ4n) is 1.58. The number of sulfonamides is 1. The van der Waals surface area contributed by atoms with Crippen molar-refractivity contribution in [2.24, 2.45) is 0 Å². The van der Waals surface area contributed by atoms with Crippen LogP contribution in [-0.4, -0.2) is 50.3 Å². The first kappa shape index (κ1) is 18.4. The highest BCUT2D eigenvalue weighted by Gasteiger charge is 2.22. The smallest absolute Gasteiger partial charge is 0.303 e. The van der Waals surface area contributed by atoms with Gasteiger partial charge in [-0.1, -0.05) is 11.6 Å². The van der Waals surface area contributed by atoms with E-state index in [1.54, 1.807) is 0 Å². The lowest BCUT2D eigenvalue weighted by molar-refractivity contribution is -0.137. The van der Waals surface area contributed by atoms with Crippen LogP contribution in [0.15, 0.2) is 23.1 Å². The number of carbonyl (C=O) groups is 2. The summed E-state index contributed by atoms with van der Waals surface area (Å²) < 4.78 is 25.2. The van der Waals surface area contributed by atoms with Gasteiger partial charge in [0.1, 0.15) is 4.90 Å². The molecule has 0 fully saturated rings. The number of carboxylic acid groups (broad SMARTS) is 1.